The summed E-state index contributed by atoms with van der Waals surface area (Å²) in [5.74, 6) is 0. The van der Waals surface area contributed by atoms with Crippen molar-refractivity contribution in [2.24, 2.45) is 0 Å². The number of hydrogen-bond acceptors (Lipinski definition) is 4. The third-order valence-corrected chi connectivity index (χ3v) is 3.99. The highest BCUT2D eigenvalue weighted by Gasteiger charge is 2.21. The number of aromatic nitrogens is 1. The summed E-state index contributed by atoms with van der Waals surface area (Å²) >= 11 is 1.69. The summed E-state index contributed by atoms with van der Waals surface area (Å²) in [6.07, 6.45) is 0. The SMILES string of the molecule is CC(NCc1nc2ccccc2s1)C(C)(C)O. The van der Waals surface area contributed by atoms with Gasteiger partial charge in [0.05, 0.1) is 15.8 Å². The van der Waals surface area contributed by atoms with Crippen LogP contribution in [0.5, 0.6) is 0 Å². The van der Waals surface area contributed by atoms with Crippen molar-refractivity contribution in [1.82, 2.24) is 10.3 Å². The average Bonchev–Trinajstić information content (AvgIpc) is 2.66. The smallest absolute Gasteiger partial charge is 0.108 e. The van der Waals surface area contributed by atoms with Gasteiger partial charge < -0.3 is 10.4 Å². The molecule has 0 spiro atoms. The third kappa shape index (κ3) is 3.03. The van der Waals surface area contributed by atoms with Crippen molar-refractivity contribution in [3.63, 3.8) is 0 Å². The fourth-order valence-corrected chi connectivity index (χ4v) is 2.40. The second-order valence-corrected chi connectivity index (χ2v) is 5.95. The lowest BCUT2D eigenvalue weighted by atomic mass is 10.0. The Hall–Kier alpha value is -0.970. The van der Waals surface area contributed by atoms with E-state index in [4.69, 9.17) is 0 Å². The molecule has 17 heavy (non-hydrogen) atoms. The number of nitrogens with zero attached hydrogens (tertiary/aromatic N) is 1. The van der Waals surface area contributed by atoms with Crippen LogP contribution in [0.2, 0.25) is 0 Å². The Morgan fingerprint density at radius 2 is 2.12 bits per heavy atom. The van der Waals surface area contributed by atoms with Gasteiger partial charge in [-0.05, 0) is 32.9 Å². The summed E-state index contributed by atoms with van der Waals surface area (Å²) in [5, 5.41) is 14.2. The zero-order valence-corrected chi connectivity index (χ0v) is 11.2. The lowest BCUT2D eigenvalue weighted by molar-refractivity contribution is 0.0437. The standard InChI is InChI=1S/C13H18N2OS/c1-9(13(2,3)16)14-8-12-15-10-6-4-5-7-11(10)17-12/h4-7,9,14,16H,8H2,1-3H3. The van der Waals surface area contributed by atoms with Gasteiger partial charge in [-0.1, -0.05) is 12.1 Å². The molecular formula is C13H18N2OS. The van der Waals surface area contributed by atoms with Crippen LogP contribution in [0.15, 0.2) is 24.3 Å². The molecule has 2 rings (SSSR count). The van der Waals surface area contributed by atoms with Gasteiger partial charge in [-0.2, -0.15) is 0 Å². The van der Waals surface area contributed by atoms with Gasteiger partial charge in [0.1, 0.15) is 5.01 Å². The second kappa shape index (κ2) is 4.72. The zero-order valence-electron chi connectivity index (χ0n) is 10.4. The first kappa shape index (κ1) is 12.5. The molecule has 1 aromatic heterocycles. The Morgan fingerprint density at radius 3 is 2.76 bits per heavy atom. The first-order chi connectivity index (χ1) is 7.97. The lowest BCUT2D eigenvalue weighted by Crippen LogP contribution is -2.44. The number of rotatable bonds is 4. The minimum Gasteiger partial charge on any atom is -0.389 e. The molecule has 0 radical (unpaired) electrons. The van der Waals surface area contributed by atoms with Crippen molar-refractivity contribution >= 4 is 21.6 Å². The molecule has 1 heterocycles. The van der Waals surface area contributed by atoms with Gasteiger partial charge in [0.2, 0.25) is 0 Å². The van der Waals surface area contributed by atoms with Crippen LogP contribution in [0.1, 0.15) is 25.8 Å². The Balaban J connectivity index is 2.04. The van der Waals surface area contributed by atoms with Crippen molar-refractivity contribution in [2.75, 3.05) is 0 Å². The highest BCUT2D eigenvalue weighted by atomic mass is 32.1. The molecule has 1 atom stereocenters. The maximum Gasteiger partial charge on any atom is 0.108 e. The van der Waals surface area contributed by atoms with E-state index < -0.39 is 5.60 Å². The van der Waals surface area contributed by atoms with Crippen molar-refractivity contribution in [2.45, 2.75) is 39.0 Å². The largest absolute Gasteiger partial charge is 0.389 e. The molecule has 0 bridgehead atoms. The van der Waals surface area contributed by atoms with Gasteiger partial charge in [-0.15, -0.1) is 11.3 Å². The average molecular weight is 250 g/mol. The van der Waals surface area contributed by atoms with Crippen LogP contribution in [0, 0.1) is 0 Å². The van der Waals surface area contributed by atoms with Crippen LogP contribution in [0.4, 0.5) is 0 Å². The van der Waals surface area contributed by atoms with Crippen molar-refractivity contribution < 1.29 is 5.11 Å². The van der Waals surface area contributed by atoms with Crippen LogP contribution < -0.4 is 5.32 Å². The van der Waals surface area contributed by atoms with E-state index in [9.17, 15) is 5.11 Å². The molecular weight excluding hydrogens is 232 g/mol. The molecule has 2 N–H and O–H groups in total. The van der Waals surface area contributed by atoms with E-state index in [1.807, 2.05) is 39.0 Å². The summed E-state index contributed by atoms with van der Waals surface area (Å²) < 4.78 is 1.21. The Morgan fingerprint density at radius 1 is 1.41 bits per heavy atom. The van der Waals surface area contributed by atoms with E-state index in [1.54, 1.807) is 11.3 Å². The minimum atomic E-state index is -0.712. The van der Waals surface area contributed by atoms with E-state index in [0.29, 0.717) is 6.54 Å². The number of aliphatic hydroxyl groups is 1. The quantitative estimate of drug-likeness (QED) is 0.876. The molecule has 0 aliphatic carbocycles. The van der Waals surface area contributed by atoms with Crippen LogP contribution in [-0.4, -0.2) is 21.7 Å². The van der Waals surface area contributed by atoms with Gasteiger partial charge in [0, 0.05) is 12.6 Å². The summed E-state index contributed by atoms with van der Waals surface area (Å²) in [6.45, 7) is 6.30. The lowest BCUT2D eigenvalue weighted by Gasteiger charge is -2.26. The van der Waals surface area contributed by atoms with Crippen LogP contribution in [0.25, 0.3) is 10.2 Å². The molecule has 2 aromatic rings. The zero-order chi connectivity index (χ0) is 12.5. The van der Waals surface area contributed by atoms with E-state index in [0.717, 1.165) is 10.5 Å². The van der Waals surface area contributed by atoms with Gasteiger partial charge in [0.15, 0.2) is 0 Å². The summed E-state index contributed by atoms with van der Waals surface area (Å²) in [7, 11) is 0. The molecule has 0 aliphatic rings. The van der Waals surface area contributed by atoms with Gasteiger partial charge >= 0.3 is 0 Å². The van der Waals surface area contributed by atoms with E-state index in [2.05, 4.69) is 16.4 Å². The number of benzene rings is 1. The van der Waals surface area contributed by atoms with Crippen molar-refractivity contribution in [3.8, 4) is 0 Å². The van der Waals surface area contributed by atoms with Crippen molar-refractivity contribution in [3.05, 3.63) is 29.3 Å². The number of para-hydroxylation sites is 1. The normalized spacial score (nSPS) is 14.1. The maximum atomic E-state index is 9.82. The Kier molecular flexibility index (Phi) is 3.47. The molecule has 1 unspecified atom stereocenters. The maximum absolute atomic E-state index is 9.82. The molecule has 0 saturated carbocycles. The fourth-order valence-electron chi connectivity index (χ4n) is 1.49. The predicted molar refractivity (Wildman–Crippen MR) is 72.2 cm³/mol. The molecule has 4 heteroatoms. The van der Waals surface area contributed by atoms with Crippen LogP contribution in [0.3, 0.4) is 0 Å². The summed E-state index contributed by atoms with van der Waals surface area (Å²) in [6, 6.07) is 8.16. The molecule has 1 aromatic carbocycles. The highest BCUT2D eigenvalue weighted by molar-refractivity contribution is 7.18. The Labute approximate surface area is 106 Å². The third-order valence-electron chi connectivity index (χ3n) is 2.96. The molecule has 0 fully saturated rings. The second-order valence-electron chi connectivity index (χ2n) is 4.83. The number of fused-ring (bicyclic) bond motifs is 1. The molecule has 0 aliphatic heterocycles. The number of hydrogen-bond donors (Lipinski definition) is 2. The number of nitrogens with one attached hydrogen (secondary N) is 1. The minimum absolute atomic E-state index is 0.0366. The Bertz CT molecular complexity index is 468. The molecule has 92 valence electrons. The summed E-state index contributed by atoms with van der Waals surface area (Å²) in [4.78, 5) is 4.54. The monoisotopic (exact) mass is 250 g/mol. The van der Waals surface area contributed by atoms with E-state index >= 15 is 0 Å². The van der Waals surface area contributed by atoms with Crippen LogP contribution >= 0.6 is 11.3 Å². The van der Waals surface area contributed by atoms with E-state index in [-0.39, 0.29) is 6.04 Å². The van der Waals surface area contributed by atoms with Gasteiger partial charge in [0.25, 0.3) is 0 Å². The van der Waals surface area contributed by atoms with Gasteiger partial charge in [-0.25, -0.2) is 4.98 Å². The van der Waals surface area contributed by atoms with Gasteiger partial charge in [-0.3, -0.25) is 0 Å². The molecule has 3 nitrogen and oxygen atoms in total. The number of thiazole rings is 1. The van der Waals surface area contributed by atoms with Crippen LogP contribution in [-0.2, 0) is 6.54 Å². The molecule has 0 amide bonds. The molecule has 0 saturated heterocycles. The van der Waals surface area contributed by atoms with E-state index in [1.165, 1.54) is 4.70 Å². The predicted octanol–water partition coefficient (Wildman–Crippen LogP) is 2.55. The topological polar surface area (TPSA) is 45.2 Å². The first-order valence-electron chi connectivity index (χ1n) is 5.77. The van der Waals surface area contributed by atoms with Crippen molar-refractivity contribution in [1.29, 1.82) is 0 Å². The summed E-state index contributed by atoms with van der Waals surface area (Å²) in [5.41, 5.74) is 0.335. The first-order valence-corrected chi connectivity index (χ1v) is 6.58. The highest BCUT2D eigenvalue weighted by Crippen LogP contribution is 2.21. The fraction of sp³-hybridized carbons (Fsp3) is 0.462.